The molecule has 1 aliphatic rings. The Labute approximate surface area is 122 Å². The summed E-state index contributed by atoms with van der Waals surface area (Å²) in [6, 6.07) is 2.84. The molecule has 1 atom stereocenters. The van der Waals surface area contributed by atoms with E-state index < -0.39 is 26.5 Å². The molecule has 0 bridgehead atoms. The number of hydrogen-bond donors (Lipinski definition) is 1. The Morgan fingerprint density at radius 2 is 2.19 bits per heavy atom. The topological polar surface area (TPSA) is 80.7 Å². The van der Waals surface area contributed by atoms with Gasteiger partial charge in [0.25, 0.3) is 0 Å². The Kier molecular flexibility index (Phi) is 4.95. The number of carbonyl (C=O) groups is 1. The van der Waals surface area contributed by atoms with Crippen molar-refractivity contribution in [2.75, 3.05) is 12.4 Å². The number of carboxylic acids is 1. The van der Waals surface area contributed by atoms with Gasteiger partial charge in [-0.1, -0.05) is 0 Å². The normalized spacial score (nSPS) is 18.8. The quantitative estimate of drug-likeness (QED) is 0.870. The Morgan fingerprint density at radius 3 is 2.76 bits per heavy atom. The molecule has 1 fully saturated rings. The summed E-state index contributed by atoms with van der Waals surface area (Å²) in [7, 11) is -3.75. The zero-order valence-electron chi connectivity index (χ0n) is 11.4. The molecule has 2 rings (SSSR count). The number of halogens is 1. The van der Waals surface area contributed by atoms with Gasteiger partial charge in [-0.15, -0.1) is 0 Å². The summed E-state index contributed by atoms with van der Waals surface area (Å²) < 4.78 is 43.3. The minimum Gasteiger partial charge on any atom is -0.478 e. The highest BCUT2D eigenvalue weighted by molar-refractivity contribution is 7.91. The summed E-state index contributed by atoms with van der Waals surface area (Å²) in [5.74, 6) is -2.49. The molecule has 0 amide bonds. The lowest BCUT2D eigenvalue weighted by molar-refractivity contribution is 0.0696. The van der Waals surface area contributed by atoms with E-state index in [-0.39, 0.29) is 17.4 Å². The van der Waals surface area contributed by atoms with Gasteiger partial charge in [-0.2, -0.15) is 0 Å². The van der Waals surface area contributed by atoms with E-state index in [1.807, 2.05) is 0 Å². The largest absolute Gasteiger partial charge is 0.478 e. The second-order valence-corrected chi connectivity index (χ2v) is 7.12. The number of hydrogen-bond acceptors (Lipinski definition) is 4. The first kappa shape index (κ1) is 15.9. The molecule has 1 aliphatic heterocycles. The van der Waals surface area contributed by atoms with Gasteiger partial charge in [0, 0.05) is 6.61 Å². The third-order valence-electron chi connectivity index (χ3n) is 3.48. The van der Waals surface area contributed by atoms with Crippen LogP contribution in [0.3, 0.4) is 0 Å². The number of carboxylic acid groups (broad SMARTS) is 1. The monoisotopic (exact) mass is 316 g/mol. The van der Waals surface area contributed by atoms with Crippen molar-refractivity contribution >= 4 is 15.8 Å². The predicted molar refractivity (Wildman–Crippen MR) is 73.6 cm³/mol. The summed E-state index contributed by atoms with van der Waals surface area (Å²) in [5.41, 5.74) is -0.272. The van der Waals surface area contributed by atoms with Gasteiger partial charge in [-0.25, -0.2) is 17.6 Å². The maximum Gasteiger partial charge on any atom is 0.335 e. The first-order valence-electron chi connectivity index (χ1n) is 6.77. The van der Waals surface area contributed by atoms with E-state index in [0.717, 1.165) is 31.0 Å². The Morgan fingerprint density at radius 1 is 1.43 bits per heavy atom. The summed E-state index contributed by atoms with van der Waals surface area (Å²) in [5, 5.41) is 8.74. The zero-order chi connectivity index (χ0) is 15.5. The molecule has 7 heteroatoms. The van der Waals surface area contributed by atoms with Gasteiger partial charge in [0.15, 0.2) is 9.84 Å². The van der Waals surface area contributed by atoms with Crippen LogP contribution in [0.15, 0.2) is 23.1 Å². The molecular formula is C14H17FO5S. The molecule has 1 unspecified atom stereocenters. The second kappa shape index (κ2) is 6.53. The van der Waals surface area contributed by atoms with Gasteiger partial charge < -0.3 is 9.84 Å². The van der Waals surface area contributed by atoms with Crippen molar-refractivity contribution in [1.82, 2.24) is 0 Å². The minimum absolute atomic E-state index is 0.0967. The average molecular weight is 316 g/mol. The van der Waals surface area contributed by atoms with Crippen LogP contribution in [0.2, 0.25) is 0 Å². The number of benzene rings is 1. The van der Waals surface area contributed by atoms with Gasteiger partial charge in [-0.05, 0) is 43.9 Å². The maximum absolute atomic E-state index is 13.8. The average Bonchev–Trinajstić information content (AvgIpc) is 2.91. The van der Waals surface area contributed by atoms with Crippen LogP contribution < -0.4 is 0 Å². The van der Waals surface area contributed by atoms with E-state index in [0.29, 0.717) is 19.4 Å². The summed E-state index contributed by atoms with van der Waals surface area (Å²) in [4.78, 5) is 10.3. The lowest BCUT2D eigenvalue weighted by Gasteiger charge is -2.10. The molecule has 0 spiro atoms. The number of ether oxygens (including phenoxy) is 1. The molecule has 0 aliphatic carbocycles. The van der Waals surface area contributed by atoms with E-state index in [9.17, 15) is 17.6 Å². The SMILES string of the molecule is O=C(O)c1ccc(S(=O)(=O)CCCC2CCCO2)c(F)c1. The summed E-state index contributed by atoms with van der Waals surface area (Å²) >= 11 is 0. The van der Waals surface area contributed by atoms with Gasteiger partial charge in [-0.3, -0.25) is 0 Å². The summed E-state index contributed by atoms with van der Waals surface area (Å²) in [6.07, 6.45) is 3.05. The van der Waals surface area contributed by atoms with Crippen LogP contribution >= 0.6 is 0 Å². The fourth-order valence-electron chi connectivity index (χ4n) is 2.37. The van der Waals surface area contributed by atoms with Crippen LogP contribution in [0.5, 0.6) is 0 Å². The van der Waals surface area contributed by atoms with Gasteiger partial charge in [0.05, 0.1) is 17.4 Å². The van der Waals surface area contributed by atoms with Crippen molar-refractivity contribution in [1.29, 1.82) is 0 Å². The van der Waals surface area contributed by atoms with Gasteiger partial charge >= 0.3 is 5.97 Å². The molecule has 1 N–H and O–H groups in total. The van der Waals surface area contributed by atoms with E-state index >= 15 is 0 Å². The van der Waals surface area contributed by atoms with Crippen molar-refractivity contribution in [3.8, 4) is 0 Å². The fourth-order valence-corrected chi connectivity index (χ4v) is 3.77. The molecule has 5 nitrogen and oxygen atoms in total. The van der Waals surface area contributed by atoms with Crippen molar-refractivity contribution in [3.63, 3.8) is 0 Å². The van der Waals surface area contributed by atoms with Crippen LogP contribution in [0.25, 0.3) is 0 Å². The first-order valence-corrected chi connectivity index (χ1v) is 8.42. The van der Waals surface area contributed by atoms with E-state index in [1.54, 1.807) is 0 Å². The smallest absolute Gasteiger partial charge is 0.335 e. The molecule has 1 aromatic rings. The first-order chi connectivity index (χ1) is 9.90. The Bertz CT molecular complexity index is 620. The number of aromatic carboxylic acids is 1. The van der Waals surface area contributed by atoms with Crippen LogP contribution in [-0.2, 0) is 14.6 Å². The lowest BCUT2D eigenvalue weighted by Crippen LogP contribution is -2.13. The van der Waals surface area contributed by atoms with Crippen LogP contribution in [-0.4, -0.2) is 38.0 Å². The van der Waals surface area contributed by atoms with Crippen molar-refractivity contribution in [3.05, 3.63) is 29.6 Å². The Balaban J connectivity index is 2.03. The molecule has 1 aromatic carbocycles. The van der Waals surface area contributed by atoms with Crippen LogP contribution in [0.4, 0.5) is 4.39 Å². The lowest BCUT2D eigenvalue weighted by atomic mass is 10.1. The highest BCUT2D eigenvalue weighted by Gasteiger charge is 2.22. The van der Waals surface area contributed by atoms with Gasteiger partial charge in [0.1, 0.15) is 10.7 Å². The third kappa shape index (κ3) is 4.01. The molecule has 0 radical (unpaired) electrons. The maximum atomic E-state index is 13.8. The molecule has 21 heavy (non-hydrogen) atoms. The van der Waals surface area contributed by atoms with E-state index in [4.69, 9.17) is 9.84 Å². The standard InChI is InChI=1S/C14H17FO5S/c15-12-9-10(14(16)17)5-6-13(12)21(18,19)8-2-4-11-3-1-7-20-11/h5-6,9,11H,1-4,7-8H2,(H,16,17). The third-order valence-corrected chi connectivity index (χ3v) is 5.30. The highest BCUT2D eigenvalue weighted by atomic mass is 32.2. The van der Waals surface area contributed by atoms with Crippen molar-refractivity contribution in [2.24, 2.45) is 0 Å². The van der Waals surface area contributed by atoms with Crippen molar-refractivity contribution < 1.29 is 27.4 Å². The van der Waals surface area contributed by atoms with Crippen LogP contribution in [0.1, 0.15) is 36.0 Å². The summed E-state index contributed by atoms with van der Waals surface area (Å²) in [6.45, 7) is 0.711. The fraction of sp³-hybridized carbons (Fsp3) is 0.500. The van der Waals surface area contributed by atoms with Crippen LogP contribution in [0, 0.1) is 5.82 Å². The second-order valence-electron chi connectivity index (χ2n) is 5.05. The molecule has 0 aromatic heterocycles. The zero-order valence-corrected chi connectivity index (χ0v) is 12.2. The van der Waals surface area contributed by atoms with Crippen molar-refractivity contribution in [2.45, 2.75) is 36.7 Å². The Hall–Kier alpha value is -1.47. The van der Waals surface area contributed by atoms with Gasteiger partial charge in [0.2, 0.25) is 0 Å². The molecule has 1 heterocycles. The molecule has 116 valence electrons. The predicted octanol–water partition coefficient (Wildman–Crippen LogP) is 2.26. The minimum atomic E-state index is -3.75. The molecule has 0 saturated carbocycles. The van der Waals surface area contributed by atoms with E-state index in [1.165, 1.54) is 0 Å². The highest BCUT2D eigenvalue weighted by Crippen LogP contribution is 2.21. The molecule has 1 saturated heterocycles. The number of rotatable bonds is 6. The number of sulfone groups is 1. The molecular weight excluding hydrogens is 299 g/mol. The van der Waals surface area contributed by atoms with E-state index in [2.05, 4.69) is 0 Å².